The van der Waals surface area contributed by atoms with E-state index in [9.17, 15) is 14.7 Å². The van der Waals surface area contributed by atoms with Crippen LogP contribution in [0.4, 0.5) is 0 Å². The van der Waals surface area contributed by atoms with Gasteiger partial charge in [-0.25, -0.2) is 0 Å². The smallest absolute Gasteiger partial charge is 0.295 e. The molecule has 8 heteroatoms. The van der Waals surface area contributed by atoms with Gasteiger partial charge >= 0.3 is 0 Å². The van der Waals surface area contributed by atoms with Crippen molar-refractivity contribution in [2.45, 2.75) is 25.8 Å². The number of carbonyl (C=O) groups excluding carboxylic acids is 2. The van der Waals surface area contributed by atoms with E-state index in [1.165, 1.54) is 4.90 Å². The summed E-state index contributed by atoms with van der Waals surface area (Å²) >= 11 is 0. The number of aliphatic hydroxyl groups excluding tert-OH is 1. The highest BCUT2D eigenvalue weighted by Gasteiger charge is 2.45. The Bertz CT molecular complexity index is 1060. The number of hydrogen-bond donors (Lipinski definition) is 1. The molecule has 0 spiro atoms. The van der Waals surface area contributed by atoms with Crippen molar-refractivity contribution in [3.63, 3.8) is 0 Å². The summed E-state index contributed by atoms with van der Waals surface area (Å²) in [5.74, 6) is 0.113. The van der Waals surface area contributed by atoms with Crippen molar-refractivity contribution in [3.8, 4) is 17.2 Å². The standard InChI is InChI=1S/C25H27NO7/c1-3-12-31-18-8-5-16(6-9-18)22-21(24(28)25(29)26(22)11-4-13-30-2)23(27)17-7-10-19-20(14-17)33-15-32-19/h5-10,14,22,27H,3-4,11-13,15H2,1-2H3/b23-21-. The molecule has 1 atom stereocenters. The summed E-state index contributed by atoms with van der Waals surface area (Å²) in [5, 5.41) is 11.2. The van der Waals surface area contributed by atoms with E-state index in [0.717, 1.165) is 6.42 Å². The van der Waals surface area contributed by atoms with Gasteiger partial charge in [-0.2, -0.15) is 0 Å². The lowest BCUT2D eigenvalue weighted by Crippen LogP contribution is -2.31. The Balaban J connectivity index is 1.75. The van der Waals surface area contributed by atoms with Crippen molar-refractivity contribution < 1.29 is 33.6 Å². The maximum atomic E-state index is 13.1. The SMILES string of the molecule is CCCOc1ccc(C2/C(=C(/O)c3ccc4c(c3)OCO4)C(=O)C(=O)N2CCCOC)cc1. The molecule has 1 amide bonds. The Morgan fingerprint density at radius 2 is 1.85 bits per heavy atom. The van der Waals surface area contributed by atoms with Gasteiger partial charge in [-0.05, 0) is 48.7 Å². The molecule has 1 fully saturated rings. The Kier molecular flexibility index (Phi) is 6.84. The molecule has 1 saturated heterocycles. The van der Waals surface area contributed by atoms with E-state index in [1.54, 1.807) is 37.4 Å². The number of benzene rings is 2. The fourth-order valence-electron chi connectivity index (χ4n) is 4.00. The monoisotopic (exact) mass is 453 g/mol. The Labute approximate surface area is 192 Å². The number of methoxy groups -OCH3 is 1. The maximum absolute atomic E-state index is 13.1. The normalized spacial score (nSPS) is 18.7. The molecule has 0 radical (unpaired) electrons. The number of carbonyl (C=O) groups is 2. The molecule has 1 N–H and O–H groups in total. The number of hydrogen-bond acceptors (Lipinski definition) is 7. The van der Waals surface area contributed by atoms with Crippen LogP contribution < -0.4 is 14.2 Å². The van der Waals surface area contributed by atoms with Gasteiger partial charge in [0.1, 0.15) is 11.5 Å². The molecule has 0 aliphatic carbocycles. The van der Waals surface area contributed by atoms with Crippen molar-refractivity contribution in [1.29, 1.82) is 0 Å². The van der Waals surface area contributed by atoms with Crippen LogP contribution in [0.3, 0.4) is 0 Å². The molecule has 174 valence electrons. The van der Waals surface area contributed by atoms with E-state index >= 15 is 0 Å². The van der Waals surface area contributed by atoms with Gasteiger partial charge in [0.25, 0.3) is 11.7 Å². The number of rotatable bonds is 9. The van der Waals surface area contributed by atoms with Crippen LogP contribution in [0.5, 0.6) is 17.2 Å². The van der Waals surface area contributed by atoms with Crippen LogP contribution in [-0.4, -0.2) is 55.4 Å². The first-order chi connectivity index (χ1) is 16.0. The van der Waals surface area contributed by atoms with E-state index < -0.39 is 17.7 Å². The van der Waals surface area contributed by atoms with Gasteiger partial charge in [0.15, 0.2) is 11.5 Å². The summed E-state index contributed by atoms with van der Waals surface area (Å²) in [6.45, 7) is 3.48. The van der Waals surface area contributed by atoms with Gasteiger partial charge in [-0.3, -0.25) is 9.59 Å². The second kappa shape index (κ2) is 9.95. The van der Waals surface area contributed by atoms with Gasteiger partial charge in [0.05, 0.1) is 18.2 Å². The number of aliphatic hydroxyl groups is 1. The maximum Gasteiger partial charge on any atom is 0.295 e. The topological polar surface area (TPSA) is 94.5 Å². The highest BCUT2D eigenvalue weighted by atomic mass is 16.7. The third-order valence-corrected chi connectivity index (χ3v) is 5.60. The Hall–Kier alpha value is -3.52. The molecule has 2 aliphatic heterocycles. The summed E-state index contributed by atoms with van der Waals surface area (Å²) < 4.78 is 21.5. The van der Waals surface area contributed by atoms with E-state index in [4.69, 9.17) is 18.9 Å². The average molecular weight is 453 g/mol. The third kappa shape index (κ3) is 4.52. The lowest BCUT2D eigenvalue weighted by atomic mass is 9.95. The molecule has 2 aliphatic rings. The van der Waals surface area contributed by atoms with Gasteiger partial charge in [-0.15, -0.1) is 0 Å². The highest BCUT2D eigenvalue weighted by Crippen LogP contribution is 2.41. The molecule has 0 aromatic heterocycles. The minimum atomic E-state index is -0.729. The number of Topliss-reactive ketones (excluding diaryl/α,β-unsaturated/α-hetero) is 1. The number of ether oxygens (including phenoxy) is 4. The van der Waals surface area contributed by atoms with Crippen LogP contribution in [-0.2, 0) is 14.3 Å². The molecule has 2 heterocycles. The summed E-state index contributed by atoms with van der Waals surface area (Å²) in [6, 6.07) is 11.4. The van der Waals surface area contributed by atoms with E-state index in [0.29, 0.717) is 54.6 Å². The highest BCUT2D eigenvalue weighted by molar-refractivity contribution is 6.46. The van der Waals surface area contributed by atoms with Gasteiger partial charge in [-0.1, -0.05) is 19.1 Å². The molecule has 33 heavy (non-hydrogen) atoms. The van der Waals surface area contributed by atoms with Crippen LogP contribution in [0.15, 0.2) is 48.0 Å². The Morgan fingerprint density at radius 1 is 1.09 bits per heavy atom. The number of fused-ring (bicyclic) bond motifs is 1. The predicted molar refractivity (Wildman–Crippen MR) is 120 cm³/mol. The largest absolute Gasteiger partial charge is 0.507 e. The van der Waals surface area contributed by atoms with E-state index in [2.05, 4.69) is 0 Å². The van der Waals surface area contributed by atoms with Crippen LogP contribution in [0.25, 0.3) is 5.76 Å². The molecule has 1 unspecified atom stereocenters. The quantitative estimate of drug-likeness (QED) is 0.268. The van der Waals surface area contributed by atoms with Crippen molar-refractivity contribution in [2.24, 2.45) is 0 Å². The lowest BCUT2D eigenvalue weighted by Gasteiger charge is -2.25. The molecular formula is C25H27NO7. The predicted octanol–water partition coefficient (Wildman–Crippen LogP) is 3.66. The van der Waals surface area contributed by atoms with Crippen molar-refractivity contribution in [2.75, 3.05) is 33.7 Å². The molecule has 4 rings (SSSR count). The van der Waals surface area contributed by atoms with Gasteiger partial charge < -0.3 is 29.0 Å². The number of likely N-dealkylation sites (tertiary alicyclic amines) is 1. The number of nitrogens with zero attached hydrogens (tertiary/aromatic N) is 1. The first-order valence-electron chi connectivity index (χ1n) is 10.9. The molecule has 8 nitrogen and oxygen atoms in total. The second-order valence-corrected chi connectivity index (χ2v) is 7.82. The third-order valence-electron chi connectivity index (χ3n) is 5.60. The number of amides is 1. The van der Waals surface area contributed by atoms with Crippen LogP contribution >= 0.6 is 0 Å². The van der Waals surface area contributed by atoms with E-state index in [-0.39, 0.29) is 18.1 Å². The first-order valence-corrected chi connectivity index (χ1v) is 10.9. The minimum Gasteiger partial charge on any atom is -0.507 e. The minimum absolute atomic E-state index is 0.0403. The summed E-state index contributed by atoms with van der Waals surface area (Å²) in [7, 11) is 1.58. The fraction of sp³-hybridized carbons (Fsp3) is 0.360. The van der Waals surface area contributed by atoms with Gasteiger partial charge in [0, 0.05) is 25.8 Å². The molecule has 0 saturated carbocycles. The number of ketones is 1. The second-order valence-electron chi connectivity index (χ2n) is 7.82. The molecular weight excluding hydrogens is 426 g/mol. The first kappa shape index (κ1) is 22.7. The molecule has 2 aromatic carbocycles. The average Bonchev–Trinajstić information content (AvgIpc) is 3.40. The van der Waals surface area contributed by atoms with Crippen molar-refractivity contribution in [3.05, 3.63) is 59.2 Å². The van der Waals surface area contributed by atoms with Crippen molar-refractivity contribution >= 4 is 17.4 Å². The summed E-state index contributed by atoms with van der Waals surface area (Å²) in [5.41, 5.74) is 1.12. The zero-order chi connectivity index (χ0) is 23.4. The van der Waals surface area contributed by atoms with Crippen LogP contribution in [0, 0.1) is 0 Å². The molecule has 0 bridgehead atoms. The zero-order valence-corrected chi connectivity index (χ0v) is 18.7. The summed E-state index contributed by atoms with van der Waals surface area (Å²) in [4.78, 5) is 27.5. The fourth-order valence-corrected chi connectivity index (χ4v) is 4.00. The van der Waals surface area contributed by atoms with Crippen LogP contribution in [0.1, 0.15) is 36.9 Å². The van der Waals surface area contributed by atoms with Crippen LogP contribution in [0.2, 0.25) is 0 Å². The van der Waals surface area contributed by atoms with Gasteiger partial charge in [0.2, 0.25) is 6.79 Å². The summed E-state index contributed by atoms with van der Waals surface area (Å²) in [6.07, 6.45) is 1.44. The van der Waals surface area contributed by atoms with E-state index in [1.807, 2.05) is 19.1 Å². The zero-order valence-electron chi connectivity index (χ0n) is 18.7. The molecule has 2 aromatic rings. The van der Waals surface area contributed by atoms with Crippen molar-refractivity contribution in [1.82, 2.24) is 4.90 Å². The lowest BCUT2D eigenvalue weighted by molar-refractivity contribution is -0.140. The Morgan fingerprint density at radius 3 is 2.58 bits per heavy atom.